The van der Waals surface area contributed by atoms with Crippen LogP contribution in [-0.4, -0.2) is 22.1 Å². The first-order chi connectivity index (χ1) is 8.15. The van der Waals surface area contributed by atoms with Gasteiger partial charge in [0.25, 0.3) is 0 Å². The SMILES string of the molecule is CC(O)CCC(=O)Nc1nc2c(s1)CCCC2. The van der Waals surface area contributed by atoms with E-state index in [1.165, 1.54) is 17.7 Å². The number of aromatic nitrogens is 1. The Hall–Kier alpha value is -0.940. The summed E-state index contributed by atoms with van der Waals surface area (Å²) in [5.41, 5.74) is 1.16. The molecule has 1 atom stereocenters. The number of hydrogen-bond acceptors (Lipinski definition) is 4. The number of amides is 1. The van der Waals surface area contributed by atoms with Crippen LogP contribution in [-0.2, 0) is 17.6 Å². The average molecular weight is 254 g/mol. The van der Waals surface area contributed by atoms with Gasteiger partial charge < -0.3 is 10.4 Å². The maximum Gasteiger partial charge on any atom is 0.226 e. The topological polar surface area (TPSA) is 62.2 Å². The lowest BCUT2D eigenvalue weighted by atomic mass is 10.0. The van der Waals surface area contributed by atoms with Crippen LogP contribution >= 0.6 is 11.3 Å². The number of aryl methyl sites for hydroxylation is 2. The summed E-state index contributed by atoms with van der Waals surface area (Å²) in [5.74, 6) is -0.0583. The van der Waals surface area contributed by atoms with Gasteiger partial charge in [-0.25, -0.2) is 4.98 Å². The average Bonchev–Trinajstić information content (AvgIpc) is 2.68. The van der Waals surface area contributed by atoms with Crippen molar-refractivity contribution in [1.82, 2.24) is 4.98 Å². The van der Waals surface area contributed by atoms with Gasteiger partial charge in [0.15, 0.2) is 5.13 Å². The summed E-state index contributed by atoms with van der Waals surface area (Å²) in [4.78, 5) is 17.3. The van der Waals surface area contributed by atoms with Gasteiger partial charge in [-0.15, -0.1) is 11.3 Å². The van der Waals surface area contributed by atoms with E-state index in [9.17, 15) is 4.79 Å². The van der Waals surface area contributed by atoms with Gasteiger partial charge in [0, 0.05) is 11.3 Å². The van der Waals surface area contributed by atoms with Crippen LogP contribution in [0.2, 0.25) is 0 Å². The van der Waals surface area contributed by atoms with Crippen LogP contribution in [0.4, 0.5) is 5.13 Å². The van der Waals surface area contributed by atoms with Crippen molar-refractivity contribution in [2.75, 3.05) is 5.32 Å². The molecule has 2 rings (SSSR count). The van der Waals surface area contributed by atoms with Crippen LogP contribution in [0.1, 0.15) is 43.2 Å². The van der Waals surface area contributed by atoms with Crippen molar-refractivity contribution in [3.63, 3.8) is 0 Å². The smallest absolute Gasteiger partial charge is 0.226 e. The minimum Gasteiger partial charge on any atom is -0.393 e. The van der Waals surface area contributed by atoms with E-state index >= 15 is 0 Å². The Morgan fingerprint density at radius 3 is 3.00 bits per heavy atom. The molecular formula is C12H18N2O2S. The highest BCUT2D eigenvalue weighted by Gasteiger charge is 2.16. The number of carbonyl (C=O) groups is 1. The zero-order chi connectivity index (χ0) is 12.3. The quantitative estimate of drug-likeness (QED) is 0.865. The summed E-state index contributed by atoms with van der Waals surface area (Å²) in [6.07, 6.45) is 4.98. The Morgan fingerprint density at radius 1 is 1.53 bits per heavy atom. The first kappa shape index (κ1) is 12.5. The lowest BCUT2D eigenvalue weighted by Gasteiger charge is -2.06. The Kier molecular flexibility index (Phi) is 4.12. The van der Waals surface area contributed by atoms with E-state index in [2.05, 4.69) is 10.3 Å². The van der Waals surface area contributed by atoms with Gasteiger partial charge in [0.05, 0.1) is 11.8 Å². The number of nitrogens with zero attached hydrogens (tertiary/aromatic N) is 1. The van der Waals surface area contributed by atoms with Crippen molar-refractivity contribution >= 4 is 22.4 Å². The fourth-order valence-corrected chi connectivity index (χ4v) is 2.99. The van der Waals surface area contributed by atoms with Gasteiger partial charge in [0.1, 0.15) is 0 Å². The zero-order valence-electron chi connectivity index (χ0n) is 10.0. The molecule has 1 aliphatic carbocycles. The minimum absolute atomic E-state index is 0.0583. The van der Waals surface area contributed by atoms with Crippen LogP contribution in [0.5, 0.6) is 0 Å². The molecule has 17 heavy (non-hydrogen) atoms. The Labute approximate surface area is 105 Å². The van der Waals surface area contributed by atoms with Crippen molar-refractivity contribution in [2.24, 2.45) is 0 Å². The van der Waals surface area contributed by atoms with Crippen LogP contribution < -0.4 is 5.32 Å². The van der Waals surface area contributed by atoms with Crippen LogP contribution in [0.25, 0.3) is 0 Å². The first-order valence-electron chi connectivity index (χ1n) is 6.11. The predicted octanol–water partition coefficient (Wildman–Crippen LogP) is 2.12. The summed E-state index contributed by atoms with van der Waals surface area (Å²) in [5, 5.41) is 12.6. The molecule has 0 saturated carbocycles. The van der Waals surface area contributed by atoms with Gasteiger partial charge in [-0.3, -0.25) is 4.79 Å². The molecule has 0 fully saturated rings. The normalized spacial score (nSPS) is 16.4. The third-order valence-electron chi connectivity index (χ3n) is 2.88. The Balaban J connectivity index is 1.90. The molecule has 94 valence electrons. The van der Waals surface area contributed by atoms with E-state index in [4.69, 9.17) is 5.11 Å². The van der Waals surface area contributed by atoms with Crippen molar-refractivity contribution in [3.8, 4) is 0 Å². The molecular weight excluding hydrogens is 236 g/mol. The summed E-state index contributed by atoms with van der Waals surface area (Å²) in [7, 11) is 0. The molecule has 0 bridgehead atoms. The van der Waals surface area contributed by atoms with Gasteiger partial charge >= 0.3 is 0 Å². The third kappa shape index (κ3) is 3.51. The van der Waals surface area contributed by atoms with E-state index in [0.29, 0.717) is 18.0 Å². The first-order valence-corrected chi connectivity index (χ1v) is 6.93. The molecule has 1 unspecified atom stereocenters. The van der Waals surface area contributed by atoms with E-state index in [1.807, 2.05) is 0 Å². The van der Waals surface area contributed by atoms with Crippen molar-refractivity contribution < 1.29 is 9.90 Å². The van der Waals surface area contributed by atoms with Crippen LogP contribution in [0.3, 0.4) is 0 Å². The van der Waals surface area contributed by atoms with Gasteiger partial charge in [-0.1, -0.05) is 0 Å². The van der Waals surface area contributed by atoms with Crippen LogP contribution in [0.15, 0.2) is 0 Å². The number of fused-ring (bicyclic) bond motifs is 1. The maximum absolute atomic E-state index is 11.6. The number of carbonyl (C=O) groups excluding carboxylic acids is 1. The second-order valence-corrected chi connectivity index (χ2v) is 5.62. The van der Waals surface area contributed by atoms with Gasteiger partial charge in [-0.05, 0) is 39.0 Å². The number of nitrogens with one attached hydrogen (secondary N) is 1. The number of anilines is 1. The largest absolute Gasteiger partial charge is 0.393 e. The van der Waals surface area contributed by atoms with E-state index < -0.39 is 6.10 Å². The molecule has 2 N–H and O–H groups in total. The molecule has 0 aromatic carbocycles. The van der Waals surface area contributed by atoms with Crippen molar-refractivity contribution in [2.45, 2.75) is 51.6 Å². The van der Waals surface area contributed by atoms with E-state index in [1.54, 1.807) is 18.3 Å². The monoisotopic (exact) mass is 254 g/mol. The zero-order valence-corrected chi connectivity index (χ0v) is 10.8. The van der Waals surface area contributed by atoms with Gasteiger partial charge in [0.2, 0.25) is 5.91 Å². The molecule has 0 aliphatic heterocycles. The molecule has 4 nitrogen and oxygen atoms in total. The van der Waals surface area contributed by atoms with Crippen LogP contribution in [0, 0.1) is 0 Å². The Bertz CT molecular complexity index is 378. The maximum atomic E-state index is 11.6. The van der Waals surface area contributed by atoms with Crippen molar-refractivity contribution in [1.29, 1.82) is 0 Å². The molecule has 1 heterocycles. The third-order valence-corrected chi connectivity index (χ3v) is 3.95. The predicted molar refractivity (Wildman–Crippen MR) is 68.3 cm³/mol. The second-order valence-electron chi connectivity index (χ2n) is 4.53. The number of rotatable bonds is 4. The fourth-order valence-electron chi connectivity index (χ4n) is 1.93. The number of aliphatic hydroxyl groups is 1. The number of thiazole rings is 1. The molecule has 1 amide bonds. The molecule has 0 spiro atoms. The highest BCUT2D eigenvalue weighted by atomic mass is 32.1. The summed E-state index contributed by atoms with van der Waals surface area (Å²) >= 11 is 1.59. The van der Waals surface area contributed by atoms with Gasteiger partial charge in [-0.2, -0.15) is 0 Å². The molecule has 1 aliphatic rings. The molecule has 0 radical (unpaired) electrons. The molecule has 5 heteroatoms. The minimum atomic E-state index is -0.426. The highest BCUT2D eigenvalue weighted by Crippen LogP contribution is 2.29. The fraction of sp³-hybridized carbons (Fsp3) is 0.667. The molecule has 1 aromatic heterocycles. The van der Waals surface area contributed by atoms with E-state index in [-0.39, 0.29) is 5.91 Å². The molecule has 0 saturated heterocycles. The van der Waals surface area contributed by atoms with Crippen molar-refractivity contribution in [3.05, 3.63) is 10.6 Å². The standard InChI is InChI=1S/C12H18N2O2S/c1-8(15)6-7-11(16)14-12-13-9-4-2-3-5-10(9)17-12/h8,15H,2-7H2,1H3,(H,13,14,16). The lowest BCUT2D eigenvalue weighted by molar-refractivity contribution is -0.116. The summed E-state index contributed by atoms with van der Waals surface area (Å²) in [6, 6.07) is 0. The number of hydrogen-bond donors (Lipinski definition) is 2. The Morgan fingerprint density at radius 2 is 2.29 bits per heavy atom. The highest BCUT2D eigenvalue weighted by molar-refractivity contribution is 7.15. The summed E-state index contributed by atoms with van der Waals surface area (Å²) in [6.45, 7) is 1.69. The second kappa shape index (κ2) is 5.60. The number of aliphatic hydroxyl groups excluding tert-OH is 1. The summed E-state index contributed by atoms with van der Waals surface area (Å²) < 4.78 is 0. The van der Waals surface area contributed by atoms with E-state index in [0.717, 1.165) is 18.5 Å². The lowest BCUT2D eigenvalue weighted by Crippen LogP contribution is -2.13. The molecule has 1 aromatic rings.